The standard InChI is InChI=1S/C9H11FN2O2/c10-8-6-7(2-4-11-8)9(14)12-3-1-5-13/h2,4,6,13H,1,3,5H2,(H,12,14). The Morgan fingerprint density at radius 3 is 3.07 bits per heavy atom. The van der Waals surface area contributed by atoms with E-state index < -0.39 is 5.95 Å². The predicted octanol–water partition coefficient (Wildman–Crippen LogP) is 0.333. The smallest absolute Gasteiger partial charge is 0.251 e. The molecule has 0 saturated carbocycles. The maximum Gasteiger partial charge on any atom is 0.251 e. The molecule has 4 nitrogen and oxygen atoms in total. The summed E-state index contributed by atoms with van der Waals surface area (Å²) in [4.78, 5) is 14.6. The first-order chi connectivity index (χ1) is 6.74. The molecule has 0 saturated heterocycles. The molecular weight excluding hydrogens is 187 g/mol. The summed E-state index contributed by atoms with van der Waals surface area (Å²) in [5.41, 5.74) is 0.232. The lowest BCUT2D eigenvalue weighted by molar-refractivity contribution is 0.0950. The van der Waals surface area contributed by atoms with Gasteiger partial charge in [-0.3, -0.25) is 4.79 Å². The van der Waals surface area contributed by atoms with Crippen LogP contribution in [0.15, 0.2) is 18.3 Å². The van der Waals surface area contributed by atoms with E-state index >= 15 is 0 Å². The van der Waals surface area contributed by atoms with Crippen LogP contribution < -0.4 is 5.32 Å². The second-order valence-corrected chi connectivity index (χ2v) is 2.70. The molecule has 0 fully saturated rings. The molecule has 14 heavy (non-hydrogen) atoms. The summed E-state index contributed by atoms with van der Waals surface area (Å²) in [5.74, 6) is -1.04. The van der Waals surface area contributed by atoms with Crippen LogP contribution in [-0.4, -0.2) is 29.1 Å². The summed E-state index contributed by atoms with van der Waals surface area (Å²) in [7, 11) is 0. The summed E-state index contributed by atoms with van der Waals surface area (Å²) in [5, 5.41) is 11.0. The van der Waals surface area contributed by atoms with Gasteiger partial charge < -0.3 is 10.4 Å². The van der Waals surface area contributed by atoms with Gasteiger partial charge >= 0.3 is 0 Å². The Kier molecular flexibility index (Phi) is 4.00. The third-order valence-electron chi connectivity index (χ3n) is 1.61. The third-order valence-corrected chi connectivity index (χ3v) is 1.61. The molecule has 1 rings (SSSR count). The zero-order valence-corrected chi connectivity index (χ0v) is 7.53. The van der Waals surface area contributed by atoms with Crippen LogP contribution in [0.2, 0.25) is 0 Å². The van der Waals surface area contributed by atoms with Crippen LogP contribution in [0.25, 0.3) is 0 Å². The topological polar surface area (TPSA) is 62.2 Å². The fourth-order valence-corrected chi connectivity index (χ4v) is 0.927. The van der Waals surface area contributed by atoms with Crippen molar-refractivity contribution in [2.24, 2.45) is 0 Å². The van der Waals surface area contributed by atoms with Gasteiger partial charge in [0.15, 0.2) is 0 Å². The largest absolute Gasteiger partial charge is 0.396 e. The molecule has 0 aliphatic rings. The van der Waals surface area contributed by atoms with Gasteiger partial charge in [0.1, 0.15) is 0 Å². The maximum atomic E-state index is 12.6. The molecule has 1 aromatic rings. The fourth-order valence-electron chi connectivity index (χ4n) is 0.927. The average Bonchev–Trinajstić information content (AvgIpc) is 2.18. The van der Waals surface area contributed by atoms with Gasteiger partial charge in [-0.2, -0.15) is 4.39 Å². The molecule has 1 aromatic heterocycles. The van der Waals surface area contributed by atoms with Gasteiger partial charge in [-0.05, 0) is 12.5 Å². The van der Waals surface area contributed by atoms with E-state index in [4.69, 9.17) is 5.11 Å². The van der Waals surface area contributed by atoms with Gasteiger partial charge in [0.2, 0.25) is 5.95 Å². The molecule has 1 heterocycles. The fraction of sp³-hybridized carbons (Fsp3) is 0.333. The first kappa shape index (κ1) is 10.6. The van der Waals surface area contributed by atoms with Crippen molar-refractivity contribution in [3.63, 3.8) is 0 Å². The Balaban J connectivity index is 2.52. The van der Waals surface area contributed by atoms with E-state index in [0.29, 0.717) is 13.0 Å². The van der Waals surface area contributed by atoms with Crippen molar-refractivity contribution in [3.8, 4) is 0 Å². The number of pyridine rings is 1. The zero-order chi connectivity index (χ0) is 10.4. The van der Waals surface area contributed by atoms with Crippen LogP contribution in [0.1, 0.15) is 16.8 Å². The Morgan fingerprint density at radius 1 is 1.64 bits per heavy atom. The molecule has 0 bridgehead atoms. The number of aromatic nitrogens is 1. The van der Waals surface area contributed by atoms with Crippen LogP contribution >= 0.6 is 0 Å². The molecule has 2 N–H and O–H groups in total. The molecule has 0 aromatic carbocycles. The molecule has 0 spiro atoms. The van der Waals surface area contributed by atoms with Gasteiger partial charge in [-0.25, -0.2) is 4.98 Å². The molecule has 1 amide bonds. The van der Waals surface area contributed by atoms with E-state index in [1.165, 1.54) is 12.3 Å². The number of carbonyl (C=O) groups excluding carboxylic acids is 1. The summed E-state index contributed by atoms with van der Waals surface area (Å²) >= 11 is 0. The summed E-state index contributed by atoms with van der Waals surface area (Å²) in [6.07, 6.45) is 1.72. The zero-order valence-electron chi connectivity index (χ0n) is 7.53. The molecule has 5 heteroatoms. The van der Waals surface area contributed by atoms with Crippen LogP contribution in [-0.2, 0) is 0 Å². The second kappa shape index (κ2) is 5.29. The van der Waals surface area contributed by atoms with Gasteiger partial charge in [-0.1, -0.05) is 0 Å². The normalized spacial score (nSPS) is 9.86. The Labute approximate surface area is 80.8 Å². The lowest BCUT2D eigenvalue weighted by atomic mass is 10.2. The SMILES string of the molecule is O=C(NCCCO)c1ccnc(F)c1. The lowest BCUT2D eigenvalue weighted by Gasteiger charge is -2.03. The number of aliphatic hydroxyl groups excluding tert-OH is 1. The monoisotopic (exact) mass is 198 g/mol. The van der Waals surface area contributed by atoms with E-state index in [2.05, 4.69) is 10.3 Å². The summed E-state index contributed by atoms with van der Waals surface area (Å²) in [6, 6.07) is 2.49. The van der Waals surface area contributed by atoms with Crippen LogP contribution in [0.5, 0.6) is 0 Å². The van der Waals surface area contributed by atoms with Crippen LogP contribution in [0.4, 0.5) is 4.39 Å². The number of carbonyl (C=O) groups is 1. The van der Waals surface area contributed by atoms with Crippen molar-refractivity contribution >= 4 is 5.91 Å². The van der Waals surface area contributed by atoms with Crippen molar-refractivity contribution in [2.75, 3.05) is 13.2 Å². The molecule has 0 aliphatic heterocycles. The van der Waals surface area contributed by atoms with E-state index in [-0.39, 0.29) is 18.1 Å². The molecule has 0 unspecified atom stereocenters. The van der Waals surface area contributed by atoms with Gasteiger partial charge in [-0.15, -0.1) is 0 Å². The first-order valence-electron chi connectivity index (χ1n) is 4.24. The Hall–Kier alpha value is -1.49. The number of aliphatic hydroxyl groups is 1. The highest BCUT2D eigenvalue weighted by Gasteiger charge is 2.05. The summed E-state index contributed by atoms with van der Waals surface area (Å²) < 4.78 is 12.6. The maximum absolute atomic E-state index is 12.6. The van der Waals surface area contributed by atoms with Crippen molar-refractivity contribution in [1.82, 2.24) is 10.3 Å². The highest BCUT2D eigenvalue weighted by atomic mass is 19.1. The van der Waals surface area contributed by atoms with E-state index in [1.807, 2.05) is 0 Å². The molecular formula is C9H11FN2O2. The number of nitrogens with zero attached hydrogens (tertiary/aromatic N) is 1. The van der Waals surface area contributed by atoms with Crippen LogP contribution in [0, 0.1) is 5.95 Å². The summed E-state index contributed by atoms with van der Waals surface area (Å²) in [6.45, 7) is 0.393. The Morgan fingerprint density at radius 2 is 2.43 bits per heavy atom. The lowest BCUT2D eigenvalue weighted by Crippen LogP contribution is -2.25. The number of halogens is 1. The molecule has 0 radical (unpaired) electrons. The minimum absolute atomic E-state index is 0.0188. The molecule has 0 aliphatic carbocycles. The predicted molar refractivity (Wildman–Crippen MR) is 48.2 cm³/mol. The average molecular weight is 198 g/mol. The van der Waals surface area contributed by atoms with Gasteiger partial charge in [0.05, 0.1) is 0 Å². The number of amides is 1. The molecule has 76 valence electrons. The number of hydrogen-bond acceptors (Lipinski definition) is 3. The number of rotatable bonds is 4. The highest BCUT2D eigenvalue weighted by Crippen LogP contribution is 1.99. The first-order valence-corrected chi connectivity index (χ1v) is 4.24. The molecule has 0 atom stereocenters. The quantitative estimate of drug-likeness (QED) is 0.541. The van der Waals surface area contributed by atoms with E-state index in [1.54, 1.807) is 0 Å². The second-order valence-electron chi connectivity index (χ2n) is 2.70. The van der Waals surface area contributed by atoms with Crippen molar-refractivity contribution < 1.29 is 14.3 Å². The van der Waals surface area contributed by atoms with Crippen molar-refractivity contribution in [2.45, 2.75) is 6.42 Å². The number of hydrogen-bond donors (Lipinski definition) is 2. The van der Waals surface area contributed by atoms with Crippen molar-refractivity contribution in [3.05, 3.63) is 29.8 Å². The van der Waals surface area contributed by atoms with Gasteiger partial charge in [0, 0.05) is 31.0 Å². The van der Waals surface area contributed by atoms with E-state index in [9.17, 15) is 9.18 Å². The minimum Gasteiger partial charge on any atom is -0.396 e. The van der Waals surface area contributed by atoms with Gasteiger partial charge in [0.25, 0.3) is 5.91 Å². The van der Waals surface area contributed by atoms with Crippen LogP contribution in [0.3, 0.4) is 0 Å². The Bertz CT molecular complexity index is 317. The minimum atomic E-state index is -0.681. The third kappa shape index (κ3) is 3.10. The highest BCUT2D eigenvalue weighted by molar-refractivity contribution is 5.93. The number of nitrogens with one attached hydrogen (secondary N) is 1. The van der Waals surface area contributed by atoms with Crippen molar-refractivity contribution in [1.29, 1.82) is 0 Å². The van der Waals surface area contributed by atoms with E-state index in [0.717, 1.165) is 6.07 Å².